The topological polar surface area (TPSA) is 61.7 Å². The van der Waals surface area contributed by atoms with Crippen molar-refractivity contribution >= 4 is 29.5 Å². The van der Waals surface area contributed by atoms with E-state index >= 15 is 0 Å². The van der Waals surface area contributed by atoms with E-state index in [1.54, 1.807) is 23.9 Å². The van der Waals surface area contributed by atoms with Crippen LogP contribution in [0.3, 0.4) is 0 Å². The van der Waals surface area contributed by atoms with Gasteiger partial charge in [0.05, 0.1) is 12.2 Å². The largest absolute Gasteiger partial charge is 0.342 e. The van der Waals surface area contributed by atoms with Crippen molar-refractivity contribution in [1.82, 2.24) is 24.5 Å². The number of aryl methyl sites for hydroxylation is 2. The Morgan fingerprint density at radius 3 is 2.31 bits per heavy atom. The van der Waals surface area contributed by atoms with Crippen molar-refractivity contribution in [2.45, 2.75) is 19.8 Å². The standard InChI is InChI=1S/C18H26ClN5O2/c1-14-15(18(19)21(2)20-14)5-6-16(25)24-11-9-22(10-12-24)13-17(26)23-7-3-4-8-23/h5-6H,3-4,7-13H2,1-2H3/b6-5+. The van der Waals surface area contributed by atoms with E-state index in [9.17, 15) is 9.59 Å². The van der Waals surface area contributed by atoms with Crippen molar-refractivity contribution in [2.24, 2.45) is 7.05 Å². The molecule has 3 heterocycles. The summed E-state index contributed by atoms with van der Waals surface area (Å²) in [6, 6.07) is 0. The lowest BCUT2D eigenvalue weighted by molar-refractivity contribution is -0.132. The van der Waals surface area contributed by atoms with Gasteiger partial charge in [0.1, 0.15) is 5.15 Å². The predicted molar refractivity (Wildman–Crippen MR) is 101 cm³/mol. The maximum Gasteiger partial charge on any atom is 0.246 e. The first-order valence-corrected chi connectivity index (χ1v) is 9.49. The Balaban J connectivity index is 1.49. The first-order chi connectivity index (χ1) is 12.5. The normalized spacial score (nSPS) is 18.9. The molecule has 0 bridgehead atoms. The van der Waals surface area contributed by atoms with E-state index in [4.69, 9.17) is 11.6 Å². The molecule has 0 atom stereocenters. The first-order valence-electron chi connectivity index (χ1n) is 9.12. The van der Waals surface area contributed by atoms with Gasteiger partial charge in [-0.1, -0.05) is 11.6 Å². The summed E-state index contributed by atoms with van der Waals surface area (Å²) in [7, 11) is 1.77. The first kappa shape index (κ1) is 18.9. The minimum Gasteiger partial charge on any atom is -0.342 e. The molecule has 26 heavy (non-hydrogen) atoms. The van der Waals surface area contributed by atoms with E-state index in [1.165, 1.54) is 0 Å². The number of piperazine rings is 1. The third kappa shape index (κ3) is 4.27. The Morgan fingerprint density at radius 1 is 1.08 bits per heavy atom. The van der Waals surface area contributed by atoms with Crippen molar-refractivity contribution < 1.29 is 9.59 Å². The summed E-state index contributed by atoms with van der Waals surface area (Å²) in [6.45, 7) is 6.83. The Hall–Kier alpha value is -1.86. The highest BCUT2D eigenvalue weighted by Gasteiger charge is 2.24. The highest BCUT2D eigenvalue weighted by atomic mass is 35.5. The number of aromatic nitrogens is 2. The Labute approximate surface area is 159 Å². The molecule has 0 N–H and O–H groups in total. The molecule has 0 saturated carbocycles. The van der Waals surface area contributed by atoms with E-state index in [1.807, 2.05) is 16.7 Å². The fraction of sp³-hybridized carbons (Fsp3) is 0.611. The van der Waals surface area contributed by atoms with Crippen LogP contribution in [0.5, 0.6) is 0 Å². The molecule has 2 saturated heterocycles. The van der Waals surface area contributed by atoms with E-state index in [0.717, 1.165) is 50.3 Å². The van der Waals surface area contributed by atoms with Gasteiger partial charge in [-0.15, -0.1) is 0 Å². The summed E-state index contributed by atoms with van der Waals surface area (Å²) in [4.78, 5) is 30.5. The second-order valence-electron chi connectivity index (χ2n) is 6.94. The van der Waals surface area contributed by atoms with E-state index < -0.39 is 0 Å². The van der Waals surface area contributed by atoms with Gasteiger partial charge in [-0.2, -0.15) is 5.10 Å². The summed E-state index contributed by atoms with van der Waals surface area (Å²) in [5.41, 5.74) is 1.57. The van der Waals surface area contributed by atoms with Crippen LogP contribution in [0.25, 0.3) is 6.08 Å². The van der Waals surface area contributed by atoms with Gasteiger partial charge in [0.25, 0.3) is 0 Å². The molecule has 1 aromatic heterocycles. The quantitative estimate of drug-likeness (QED) is 0.736. The zero-order chi connectivity index (χ0) is 18.7. The van der Waals surface area contributed by atoms with Crippen molar-refractivity contribution in [1.29, 1.82) is 0 Å². The molecule has 3 rings (SSSR count). The third-order valence-electron chi connectivity index (χ3n) is 5.09. The third-order valence-corrected chi connectivity index (χ3v) is 5.54. The number of carbonyl (C=O) groups excluding carboxylic acids is 2. The van der Waals surface area contributed by atoms with Gasteiger partial charge >= 0.3 is 0 Å². The number of amides is 2. The number of hydrogen-bond acceptors (Lipinski definition) is 4. The Bertz CT molecular complexity index is 701. The molecule has 7 nitrogen and oxygen atoms in total. The van der Waals surface area contributed by atoms with Crippen LogP contribution in [0.1, 0.15) is 24.1 Å². The second-order valence-corrected chi connectivity index (χ2v) is 7.29. The summed E-state index contributed by atoms with van der Waals surface area (Å²) >= 11 is 6.19. The molecule has 2 amide bonds. The number of halogens is 1. The second kappa shape index (κ2) is 8.22. The maximum atomic E-state index is 12.4. The predicted octanol–water partition coefficient (Wildman–Crippen LogP) is 1.16. The molecule has 0 aliphatic carbocycles. The van der Waals surface area contributed by atoms with E-state index in [0.29, 0.717) is 24.8 Å². The monoisotopic (exact) mass is 379 g/mol. The SMILES string of the molecule is Cc1nn(C)c(Cl)c1/C=C/C(=O)N1CCN(CC(=O)N2CCCC2)CC1. The lowest BCUT2D eigenvalue weighted by Crippen LogP contribution is -2.51. The van der Waals surface area contributed by atoms with Crippen LogP contribution >= 0.6 is 11.6 Å². The van der Waals surface area contributed by atoms with Gasteiger partial charge in [-0.05, 0) is 25.8 Å². The molecule has 0 aromatic carbocycles. The van der Waals surface area contributed by atoms with Crippen molar-refractivity contribution in [3.63, 3.8) is 0 Å². The lowest BCUT2D eigenvalue weighted by atomic mass is 10.2. The molecule has 0 spiro atoms. The smallest absolute Gasteiger partial charge is 0.246 e. The maximum absolute atomic E-state index is 12.4. The van der Waals surface area contributed by atoms with Gasteiger partial charge in [0.2, 0.25) is 11.8 Å². The number of carbonyl (C=O) groups is 2. The Morgan fingerprint density at radius 2 is 1.73 bits per heavy atom. The number of nitrogens with zero attached hydrogens (tertiary/aromatic N) is 5. The van der Waals surface area contributed by atoms with Gasteiger partial charge in [-0.3, -0.25) is 19.2 Å². The number of hydrogen-bond donors (Lipinski definition) is 0. The Kier molecular flexibility index (Phi) is 5.98. The summed E-state index contributed by atoms with van der Waals surface area (Å²) < 4.78 is 1.59. The fourth-order valence-corrected chi connectivity index (χ4v) is 3.72. The lowest BCUT2D eigenvalue weighted by Gasteiger charge is -2.34. The van der Waals surface area contributed by atoms with Gasteiger partial charge in [0, 0.05) is 58.0 Å². The molecule has 0 unspecified atom stereocenters. The fourth-order valence-electron chi connectivity index (χ4n) is 3.48. The molecule has 2 aliphatic rings. The zero-order valence-electron chi connectivity index (χ0n) is 15.4. The molecular weight excluding hydrogens is 354 g/mol. The van der Waals surface area contributed by atoms with Crippen molar-refractivity contribution in [2.75, 3.05) is 45.8 Å². The molecule has 2 aliphatic heterocycles. The zero-order valence-corrected chi connectivity index (χ0v) is 16.2. The van der Waals surface area contributed by atoms with Gasteiger partial charge in [-0.25, -0.2) is 0 Å². The van der Waals surface area contributed by atoms with Crippen LogP contribution in [0.15, 0.2) is 6.08 Å². The molecule has 1 aromatic rings. The molecule has 8 heteroatoms. The molecule has 142 valence electrons. The van der Waals surface area contributed by atoms with Crippen molar-refractivity contribution in [3.05, 3.63) is 22.5 Å². The highest BCUT2D eigenvalue weighted by molar-refractivity contribution is 6.31. The van der Waals surface area contributed by atoms with Crippen LogP contribution in [0, 0.1) is 6.92 Å². The van der Waals surface area contributed by atoms with Crippen LogP contribution in [0.2, 0.25) is 5.15 Å². The highest BCUT2D eigenvalue weighted by Crippen LogP contribution is 2.20. The minimum absolute atomic E-state index is 0.0326. The summed E-state index contributed by atoms with van der Waals surface area (Å²) in [5, 5.41) is 4.76. The average molecular weight is 380 g/mol. The molecular formula is C18H26ClN5O2. The van der Waals surface area contributed by atoms with E-state index in [2.05, 4.69) is 10.00 Å². The number of likely N-dealkylation sites (tertiary alicyclic amines) is 1. The number of rotatable bonds is 4. The van der Waals surface area contributed by atoms with Crippen molar-refractivity contribution in [3.8, 4) is 0 Å². The van der Waals surface area contributed by atoms with Gasteiger partial charge < -0.3 is 9.80 Å². The van der Waals surface area contributed by atoms with Crippen LogP contribution in [0.4, 0.5) is 0 Å². The average Bonchev–Trinajstić information content (AvgIpc) is 3.24. The van der Waals surface area contributed by atoms with Crippen LogP contribution in [-0.2, 0) is 16.6 Å². The summed E-state index contributed by atoms with van der Waals surface area (Å²) in [6.07, 6.45) is 5.51. The minimum atomic E-state index is -0.0326. The molecule has 0 radical (unpaired) electrons. The van der Waals surface area contributed by atoms with Crippen LogP contribution < -0.4 is 0 Å². The summed E-state index contributed by atoms with van der Waals surface area (Å²) in [5.74, 6) is 0.179. The van der Waals surface area contributed by atoms with Crippen LogP contribution in [-0.4, -0.2) is 82.1 Å². The van der Waals surface area contributed by atoms with Gasteiger partial charge in [0.15, 0.2) is 0 Å². The molecule has 2 fully saturated rings. The van der Waals surface area contributed by atoms with E-state index in [-0.39, 0.29) is 11.8 Å².